The molecule has 2 heterocycles. The average molecular weight is 304 g/mol. The maximum absolute atomic E-state index is 12.7. The molecule has 0 aliphatic carbocycles. The van der Waals surface area contributed by atoms with Crippen molar-refractivity contribution in [2.75, 3.05) is 19.6 Å². The molecule has 0 aromatic heterocycles. The van der Waals surface area contributed by atoms with Gasteiger partial charge in [0.05, 0.1) is 6.42 Å². The summed E-state index contributed by atoms with van der Waals surface area (Å²) < 4.78 is 28.5. The number of carboxylic acid groups (broad SMARTS) is 1. The summed E-state index contributed by atoms with van der Waals surface area (Å²) in [5.41, 5.74) is 0. The molecule has 0 aromatic carbocycles. The van der Waals surface area contributed by atoms with Crippen LogP contribution in [0.5, 0.6) is 0 Å². The monoisotopic (exact) mass is 304 g/mol. The van der Waals surface area contributed by atoms with Gasteiger partial charge in [-0.05, 0) is 25.7 Å². The third kappa shape index (κ3) is 3.71. The Morgan fingerprint density at radius 1 is 1.00 bits per heavy atom. The number of carboxylic acids is 1. The zero-order valence-corrected chi connectivity index (χ0v) is 12.6. The number of rotatable bonds is 4. The fraction of sp³-hybridized carbons (Fsp3) is 0.923. The van der Waals surface area contributed by atoms with Gasteiger partial charge in [-0.2, -0.15) is 17.0 Å². The fourth-order valence-corrected chi connectivity index (χ4v) is 5.04. The van der Waals surface area contributed by atoms with Crippen LogP contribution in [0.15, 0.2) is 0 Å². The number of piperidine rings is 1. The highest BCUT2D eigenvalue weighted by Crippen LogP contribution is 2.26. The molecular formula is C13H24N2O4S. The molecule has 0 amide bonds. The lowest BCUT2D eigenvalue weighted by Crippen LogP contribution is -2.51. The van der Waals surface area contributed by atoms with Gasteiger partial charge >= 0.3 is 5.97 Å². The topological polar surface area (TPSA) is 77.9 Å². The first kappa shape index (κ1) is 15.7. The summed E-state index contributed by atoms with van der Waals surface area (Å²) in [5, 5.41) is 8.97. The van der Waals surface area contributed by atoms with E-state index in [4.69, 9.17) is 5.11 Å². The number of carbonyl (C=O) groups is 1. The quantitative estimate of drug-likeness (QED) is 0.852. The highest BCUT2D eigenvalue weighted by atomic mass is 32.2. The van der Waals surface area contributed by atoms with Crippen LogP contribution in [0.2, 0.25) is 0 Å². The maximum Gasteiger partial charge on any atom is 0.304 e. The Hall–Kier alpha value is -0.660. The molecule has 0 radical (unpaired) electrons. The Bertz CT molecular complexity index is 430. The van der Waals surface area contributed by atoms with E-state index in [1.807, 2.05) is 0 Å². The molecule has 20 heavy (non-hydrogen) atoms. The second-order valence-electron chi connectivity index (χ2n) is 5.68. The van der Waals surface area contributed by atoms with Crippen LogP contribution < -0.4 is 0 Å². The molecule has 1 N–H and O–H groups in total. The van der Waals surface area contributed by atoms with Crippen LogP contribution in [0.1, 0.15) is 51.4 Å². The molecule has 0 bridgehead atoms. The van der Waals surface area contributed by atoms with E-state index in [1.54, 1.807) is 4.31 Å². The van der Waals surface area contributed by atoms with Gasteiger partial charge in [-0.25, -0.2) is 0 Å². The first-order valence-electron chi connectivity index (χ1n) is 7.50. The van der Waals surface area contributed by atoms with Crippen molar-refractivity contribution in [2.24, 2.45) is 0 Å². The van der Waals surface area contributed by atoms with Crippen molar-refractivity contribution in [3.8, 4) is 0 Å². The molecule has 1 atom stereocenters. The van der Waals surface area contributed by atoms with Crippen LogP contribution >= 0.6 is 0 Å². The number of hydrogen-bond acceptors (Lipinski definition) is 3. The van der Waals surface area contributed by atoms with E-state index in [0.29, 0.717) is 26.1 Å². The van der Waals surface area contributed by atoms with Crippen LogP contribution in [0.3, 0.4) is 0 Å². The van der Waals surface area contributed by atoms with E-state index in [2.05, 4.69) is 0 Å². The Morgan fingerprint density at radius 3 is 2.20 bits per heavy atom. The van der Waals surface area contributed by atoms with E-state index in [1.165, 1.54) is 4.31 Å². The Kier molecular flexibility index (Phi) is 5.40. The van der Waals surface area contributed by atoms with E-state index in [9.17, 15) is 13.2 Å². The van der Waals surface area contributed by atoms with Crippen molar-refractivity contribution in [1.29, 1.82) is 0 Å². The van der Waals surface area contributed by atoms with Crippen molar-refractivity contribution in [3.63, 3.8) is 0 Å². The van der Waals surface area contributed by atoms with Crippen molar-refractivity contribution >= 4 is 16.2 Å². The van der Waals surface area contributed by atoms with E-state index in [-0.39, 0.29) is 12.5 Å². The molecule has 6 nitrogen and oxygen atoms in total. The predicted molar refractivity (Wildman–Crippen MR) is 75.6 cm³/mol. The summed E-state index contributed by atoms with van der Waals surface area (Å²) in [5.74, 6) is -0.923. The van der Waals surface area contributed by atoms with Crippen molar-refractivity contribution < 1.29 is 18.3 Å². The largest absolute Gasteiger partial charge is 0.481 e. The molecule has 7 heteroatoms. The number of hydrogen-bond donors (Lipinski definition) is 1. The lowest BCUT2D eigenvalue weighted by Gasteiger charge is -2.37. The van der Waals surface area contributed by atoms with Crippen LogP contribution in [-0.2, 0) is 15.0 Å². The third-order valence-corrected chi connectivity index (χ3v) is 6.26. The Balaban J connectivity index is 2.13. The first-order valence-corrected chi connectivity index (χ1v) is 8.90. The van der Waals surface area contributed by atoms with Gasteiger partial charge < -0.3 is 5.11 Å². The lowest BCUT2D eigenvalue weighted by molar-refractivity contribution is -0.138. The van der Waals surface area contributed by atoms with E-state index in [0.717, 1.165) is 38.5 Å². The molecular weight excluding hydrogens is 280 g/mol. The van der Waals surface area contributed by atoms with Gasteiger partial charge in [-0.1, -0.05) is 19.3 Å². The van der Waals surface area contributed by atoms with E-state index < -0.39 is 16.2 Å². The Morgan fingerprint density at radius 2 is 1.60 bits per heavy atom. The molecule has 2 fully saturated rings. The second-order valence-corrected chi connectivity index (χ2v) is 7.56. The summed E-state index contributed by atoms with van der Waals surface area (Å²) in [7, 11) is -3.50. The molecule has 0 spiro atoms. The zero-order valence-electron chi connectivity index (χ0n) is 11.8. The van der Waals surface area contributed by atoms with Crippen LogP contribution in [0.25, 0.3) is 0 Å². The standard InChI is InChI=1S/C13H24N2O4S/c16-13(17)11-12-7-3-6-10-15(12)20(18,19)14-8-4-1-2-5-9-14/h12H,1-11H2,(H,16,17). The molecule has 2 aliphatic heterocycles. The molecule has 2 rings (SSSR count). The highest BCUT2D eigenvalue weighted by Gasteiger charge is 2.37. The van der Waals surface area contributed by atoms with E-state index >= 15 is 0 Å². The van der Waals surface area contributed by atoms with Crippen LogP contribution in [-0.4, -0.2) is 53.8 Å². The minimum absolute atomic E-state index is 0.0902. The van der Waals surface area contributed by atoms with Crippen molar-refractivity contribution in [3.05, 3.63) is 0 Å². The molecule has 2 saturated heterocycles. The fourth-order valence-electron chi connectivity index (χ4n) is 3.10. The lowest BCUT2D eigenvalue weighted by atomic mass is 10.0. The van der Waals surface area contributed by atoms with Gasteiger partial charge in [0, 0.05) is 25.7 Å². The molecule has 116 valence electrons. The van der Waals surface area contributed by atoms with Gasteiger partial charge in [0.25, 0.3) is 10.2 Å². The summed E-state index contributed by atoms with van der Waals surface area (Å²) >= 11 is 0. The number of nitrogens with zero attached hydrogens (tertiary/aromatic N) is 2. The SMILES string of the molecule is O=C(O)CC1CCCCN1S(=O)(=O)N1CCCCCC1. The van der Waals surface area contributed by atoms with Crippen molar-refractivity contribution in [1.82, 2.24) is 8.61 Å². The third-order valence-electron chi connectivity index (χ3n) is 4.17. The molecule has 0 aromatic rings. The summed E-state index contributed by atoms with van der Waals surface area (Å²) in [6.45, 7) is 1.59. The highest BCUT2D eigenvalue weighted by molar-refractivity contribution is 7.86. The zero-order chi connectivity index (χ0) is 14.6. The van der Waals surface area contributed by atoms with Gasteiger partial charge in [-0.15, -0.1) is 0 Å². The Labute approximate surface area is 120 Å². The van der Waals surface area contributed by atoms with Gasteiger partial charge in [0.2, 0.25) is 0 Å². The van der Waals surface area contributed by atoms with Gasteiger partial charge in [0.1, 0.15) is 0 Å². The minimum atomic E-state index is -3.50. The summed E-state index contributed by atoms with van der Waals surface area (Å²) in [6, 6.07) is -0.380. The molecule has 2 aliphatic rings. The minimum Gasteiger partial charge on any atom is -0.481 e. The summed E-state index contributed by atoms with van der Waals surface area (Å²) in [4.78, 5) is 10.9. The molecule has 1 unspecified atom stereocenters. The van der Waals surface area contributed by atoms with Gasteiger partial charge in [-0.3, -0.25) is 4.79 Å². The van der Waals surface area contributed by atoms with Crippen LogP contribution in [0.4, 0.5) is 0 Å². The van der Waals surface area contributed by atoms with Crippen LogP contribution in [0, 0.1) is 0 Å². The summed E-state index contributed by atoms with van der Waals surface area (Å²) in [6.07, 6.45) is 6.24. The maximum atomic E-state index is 12.7. The van der Waals surface area contributed by atoms with Crippen molar-refractivity contribution in [2.45, 2.75) is 57.4 Å². The predicted octanol–water partition coefficient (Wildman–Crippen LogP) is 1.44. The number of aliphatic carboxylic acids is 1. The van der Waals surface area contributed by atoms with Gasteiger partial charge in [0.15, 0.2) is 0 Å². The first-order chi connectivity index (χ1) is 9.51. The molecule has 0 saturated carbocycles. The average Bonchev–Trinajstić information content (AvgIpc) is 2.67. The normalized spacial score (nSPS) is 27.1. The smallest absolute Gasteiger partial charge is 0.304 e. The second kappa shape index (κ2) is 6.87.